The first-order valence-electron chi connectivity index (χ1n) is 13.6. The summed E-state index contributed by atoms with van der Waals surface area (Å²) in [6.07, 6.45) is 8.06. The average Bonchev–Trinajstić information content (AvgIpc) is 3.36. The second-order valence-electron chi connectivity index (χ2n) is 10.9. The minimum atomic E-state index is -0.331. The molecule has 1 saturated carbocycles. The monoisotopic (exact) mass is 504 g/mol. The van der Waals surface area contributed by atoms with Crippen molar-refractivity contribution < 1.29 is 14.4 Å². The van der Waals surface area contributed by atoms with E-state index in [9.17, 15) is 4.79 Å². The van der Waals surface area contributed by atoms with Crippen molar-refractivity contribution in [1.29, 1.82) is 0 Å². The molecule has 2 fully saturated rings. The van der Waals surface area contributed by atoms with E-state index >= 15 is 0 Å². The summed E-state index contributed by atoms with van der Waals surface area (Å²) in [5.74, 6) is 1.79. The molecule has 0 radical (unpaired) electrons. The molecule has 3 aromatic rings. The van der Waals surface area contributed by atoms with Crippen LogP contribution < -0.4 is 10.1 Å². The number of methoxy groups -OCH3 is 1. The number of fused-ring (bicyclic) bond motifs is 1. The van der Waals surface area contributed by atoms with Crippen LogP contribution in [0.1, 0.15) is 55.6 Å². The highest BCUT2D eigenvalue weighted by Crippen LogP contribution is 2.43. The summed E-state index contributed by atoms with van der Waals surface area (Å²) in [6, 6.07) is 17.0. The number of nitrogens with one attached hydrogen (secondary N) is 2. The molecule has 0 atom stereocenters. The van der Waals surface area contributed by atoms with E-state index in [2.05, 4.69) is 78.0 Å². The van der Waals surface area contributed by atoms with Crippen LogP contribution in [0.4, 0.5) is 4.79 Å². The Morgan fingerprint density at radius 2 is 1.81 bits per heavy atom. The Labute approximate surface area is 220 Å². The van der Waals surface area contributed by atoms with Crippen LogP contribution in [0.5, 0.6) is 5.75 Å². The number of hydroxylamine groups is 2. The quantitative estimate of drug-likeness (QED) is 0.436. The van der Waals surface area contributed by atoms with Crippen molar-refractivity contribution in [2.45, 2.75) is 50.0 Å². The number of rotatable bonds is 7. The van der Waals surface area contributed by atoms with Gasteiger partial charge in [-0.25, -0.2) is 4.79 Å². The summed E-state index contributed by atoms with van der Waals surface area (Å²) < 4.78 is 5.41. The summed E-state index contributed by atoms with van der Waals surface area (Å²) in [6.45, 7) is 2.14. The van der Waals surface area contributed by atoms with Gasteiger partial charge in [0.15, 0.2) is 0 Å². The van der Waals surface area contributed by atoms with Crippen LogP contribution in [0.25, 0.3) is 10.9 Å². The normalized spacial score (nSPS) is 23.3. The smallest absolute Gasteiger partial charge is 0.426 e. The molecule has 1 aromatic heterocycles. The van der Waals surface area contributed by atoms with E-state index in [-0.39, 0.29) is 11.6 Å². The van der Waals surface area contributed by atoms with Gasteiger partial charge in [-0.1, -0.05) is 30.3 Å². The number of carbonyl (C=O) groups excluding carboxylic acids is 1. The lowest BCUT2D eigenvalue weighted by atomic mass is 9.72. The topological polar surface area (TPSA) is 69.8 Å². The minimum absolute atomic E-state index is 0.0819. The van der Waals surface area contributed by atoms with Gasteiger partial charge >= 0.3 is 6.09 Å². The Morgan fingerprint density at radius 1 is 1.08 bits per heavy atom. The van der Waals surface area contributed by atoms with E-state index in [1.807, 2.05) is 11.1 Å². The zero-order valence-electron chi connectivity index (χ0n) is 22.3. The largest absolute Gasteiger partial charge is 0.497 e. The number of benzene rings is 2. The number of carbonyl (C=O) groups is 1. The molecular formula is C30H40N4O3. The molecule has 0 bridgehead atoms. The van der Waals surface area contributed by atoms with Gasteiger partial charge in [-0.3, -0.25) is 4.90 Å². The molecule has 37 heavy (non-hydrogen) atoms. The third-order valence-corrected chi connectivity index (χ3v) is 8.66. The SMILES string of the molecule is COc1ccc2[nH]cc(C3CCN(OC(=O)NCC4CCC(c5ccccc5)(N(C)C)CC4)CC3)c2c1. The number of hydrogen-bond acceptors (Lipinski definition) is 5. The number of piperidine rings is 1. The van der Waals surface area contributed by atoms with E-state index in [0.29, 0.717) is 18.4 Å². The molecule has 7 nitrogen and oxygen atoms in total. The first kappa shape index (κ1) is 25.6. The fourth-order valence-electron chi connectivity index (χ4n) is 6.32. The molecule has 198 valence electrons. The van der Waals surface area contributed by atoms with Gasteiger partial charge in [0.2, 0.25) is 0 Å². The highest BCUT2D eigenvalue weighted by Gasteiger charge is 2.38. The Balaban J connectivity index is 1.07. The van der Waals surface area contributed by atoms with Crippen molar-refractivity contribution in [2.75, 3.05) is 40.8 Å². The lowest BCUT2D eigenvalue weighted by molar-refractivity contribution is -0.114. The maximum Gasteiger partial charge on any atom is 0.426 e. The van der Waals surface area contributed by atoms with Crippen LogP contribution in [0.15, 0.2) is 54.7 Å². The van der Waals surface area contributed by atoms with Gasteiger partial charge in [0.1, 0.15) is 5.75 Å². The van der Waals surface area contributed by atoms with Crippen molar-refractivity contribution in [1.82, 2.24) is 20.3 Å². The predicted molar refractivity (Wildman–Crippen MR) is 147 cm³/mol. The van der Waals surface area contributed by atoms with Gasteiger partial charge in [0.05, 0.1) is 7.11 Å². The van der Waals surface area contributed by atoms with E-state index in [0.717, 1.165) is 62.9 Å². The Hall–Kier alpha value is -3.03. The second kappa shape index (κ2) is 11.2. The number of ether oxygens (including phenoxy) is 1. The number of amides is 1. The molecule has 7 heteroatoms. The van der Waals surface area contributed by atoms with Crippen LogP contribution in [-0.4, -0.2) is 61.9 Å². The highest BCUT2D eigenvalue weighted by molar-refractivity contribution is 5.85. The lowest BCUT2D eigenvalue weighted by Gasteiger charge is -2.45. The van der Waals surface area contributed by atoms with Crippen molar-refractivity contribution in [3.05, 3.63) is 65.9 Å². The molecule has 1 aliphatic heterocycles. The van der Waals surface area contributed by atoms with Crippen LogP contribution in [-0.2, 0) is 10.4 Å². The van der Waals surface area contributed by atoms with Crippen LogP contribution in [0, 0.1) is 5.92 Å². The minimum Gasteiger partial charge on any atom is -0.497 e. The Morgan fingerprint density at radius 3 is 2.49 bits per heavy atom. The van der Waals surface area contributed by atoms with Gasteiger partial charge in [0.25, 0.3) is 0 Å². The fraction of sp³-hybridized carbons (Fsp3) is 0.500. The van der Waals surface area contributed by atoms with Crippen LogP contribution in [0.3, 0.4) is 0 Å². The van der Waals surface area contributed by atoms with Gasteiger partial charge in [-0.05, 0) is 93.8 Å². The third kappa shape index (κ3) is 5.48. The number of nitrogens with zero attached hydrogens (tertiary/aromatic N) is 2. The first-order chi connectivity index (χ1) is 18.0. The summed E-state index contributed by atoms with van der Waals surface area (Å²) in [4.78, 5) is 24.0. The van der Waals surface area contributed by atoms with Crippen LogP contribution >= 0.6 is 0 Å². The second-order valence-corrected chi connectivity index (χ2v) is 10.9. The van der Waals surface area contributed by atoms with E-state index in [1.165, 1.54) is 16.5 Å². The summed E-state index contributed by atoms with van der Waals surface area (Å²) >= 11 is 0. The molecule has 5 rings (SSSR count). The van der Waals surface area contributed by atoms with E-state index < -0.39 is 0 Å². The molecule has 1 aliphatic carbocycles. The number of hydrogen-bond donors (Lipinski definition) is 2. The summed E-state index contributed by atoms with van der Waals surface area (Å²) in [5, 5.41) is 6.07. The zero-order chi connectivity index (χ0) is 25.8. The third-order valence-electron chi connectivity index (χ3n) is 8.66. The molecule has 1 saturated heterocycles. The molecule has 2 aromatic carbocycles. The van der Waals surface area contributed by atoms with Gasteiger partial charge in [-0.15, -0.1) is 5.06 Å². The first-order valence-corrected chi connectivity index (χ1v) is 13.6. The van der Waals surface area contributed by atoms with E-state index in [1.54, 1.807) is 7.11 Å². The zero-order valence-corrected chi connectivity index (χ0v) is 22.3. The maximum absolute atomic E-state index is 12.6. The van der Waals surface area contributed by atoms with Gasteiger partial charge < -0.3 is 19.9 Å². The maximum atomic E-state index is 12.6. The van der Waals surface area contributed by atoms with Crippen molar-refractivity contribution in [3.63, 3.8) is 0 Å². The number of H-pyrrole nitrogens is 1. The summed E-state index contributed by atoms with van der Waals surface area (Å²) in [5.41, 5.74) is 3.92. The molecule has 2 N–H and O–H groups in total. The molecule has 2 aliphatic rings. The number of aromatic nitrogens is 1. The highest BCUT2D eigenvalue weighted by atomic mass is 16.7. The molecule has 0 spiro atoms. The fourth-order valence-corrected chi connectivity index (χ4v) is 6.32. The van der Waals surface area contributed by atoms with Gasteiger partial charge in [0, 0.05) is 42.3 Å². The Bertz CT molecular complexity index is 1180. The Kier molecular flexibility index (Phi) is 7.72. The molecule has 1 amide bonds. The van der Waals surface area contributed by atoms with Gasteiger partial charge in [-0.2, -0.15) is 0 Å². The van der Waals surface area contributed by atoms with Crippen molar-refractivity contribution >= 4 is 17.0 Å². The van der Waals surface area contributed by atoms with Crippen molar-refractivity contribution in [2.24, 2.45) is 5.92 Å². The summed E-state index contributed by atoms with van der Waals surface area (Å²) in [7, 11) is 6.06. The molecular weight excluding hydrogens is 464 g/mol. The molecule has 2 heterocycles. The van der Waals surface area contributed by atoms with E-state index in [4.69, 9.17) is 9.57 Å². The van der Waals surface area contributed by atoms with Crippen molar-refractivity contribution in [3.8, 4) is 5.75 Å². The lowest BCUT2D eigenvalue weighted by Crippen LogP contribution is -2.46. The predicted octanol–water partition coefficient (Wildman–Crippen LogP) is 5.64. The molecule has 0 unspecified atom stereocenters. The van der Waals surface area contributed by atoms with Crippen LogP contribution in [0.2, 0.25) is 0 Å². The number of aromatic amines is 1. The average molecular weight is 505 g/mol. The standard InChI is InChI=1S/C30H40N4O3/c1-33(2)30(24-7-5-4-6-8-24)15-11-22(12-16-30)20-32-29(35)37-34-17-13-23(14-18-34)27-21-31-28-10-9-25(36-3)19-26(27)28/h4-10,19,21-23,31H,11-18,20H2,1-3H3,(H,32,35).